The molecule has 2 fully saturated rings. The number of allylic oxidation sites excluding steroid dienone is 5. The molecule has 0 heterocycles. The normalized spacial score (nSPS) is 31.4. The Morgan fingerprint density at radius 1 is 0.794 bits per heavy atom. The van der Waals surface area contributed by atoms with Crippen LogP contribution >= 0.6 is 0 Å². The molecule has 0 bridgehead atoms. The predicted molar refractivity (Wildman–Crippen MR) is 133 cm³/mol. The third-order valence-electron chi connectivity index (χ3n) is 7.32. The highest BCUT2D eigenvalue weighted by Gasteiger charge is 2.50. The minimum absolute atomic E-state index is 0.0717. The fourth-order valence-corrected chi connectivity index (χ4v) is 5.55. The fraction of sp³-hybridized carbons (Fsp3) is 0.714. The molecular formula is C28H44O6. The molecule has 0 aromatic heterocycles. The zero-order chi connectivity index (χ0) is 24.9. The van der Waals surface area contributed by atoms with Gasteiger partial charge in [0, 0.05) is 14.2 Å². The third kappa shape index (κ3) is 7.81. The van der Waals surface area contributed by atoms with Crippen LogP contribution < -0.4 is 0 Å². The Hall–Kier alpha value is -1.92. The summed E-state index contributed by atoms with van der Waals surface area (Å²) in [5, 5.41) is 0. The number of hydrogen-bond acceptors (Lipinski definition) is 6. The van der Waals surface area contributed by atoms with Gasteiger partial charge in [0.05, 0.1) is 25.0 Å². The van der Waals surface area contributed by atoms with Crippen molar-refractivity contribution in [3.8, 4) is 0 Å². The van der Waals surface area contributed by atoms with Crippen molar-refractivity contribution in [3.63, 3.8) is 0 Å². The average Bonchev–Trinajstić information content (AvgIpc) is 3.42. The van der Waals surface area contributed by atoms with Gasteiger partial charge < -0.3 is 18.9 Å². The molecule has 0 radical (unpaired) electrons. The lowest BCUT2D eigenvalue weighted by Crippen LogP contribution is -2.34. The summed E-state index contributed by atoms with van der Waals surface area (Å²) in [6, 6.07) is 0. The number of esters is 2. The first-order valence-electron chi connectivity index (χ1n) is 12.8. The lowest BCUT2D eigenvalue weighted by Gasteiger charge is -2.22. The molecule has 0 spiro atoms. The Morgan fingerprint density at radius 2 is 1.38 bits per heavy atom. The zero-order valence-corrected chi connectivity index (χ0v) is 21.4. The molecule has 0 amide bonds. The van der Waals surface area contributed by atoms with E-state index in [1.54, 1.807) is 14.2 Å². The highest BCUT2D eigenvalue weighted by atomic mass is 16.6. The summed E-state index contributed by atoms with van der Waals surface area (Å²) in [7, 11) is 3.13. The summed E-state index contributed by atoms with van der Waals surface area (Å²) in [6.45, 7) is 9.31. The van der Waals surface area contributed by atoms with Crippen LogP contribution in [0.3, 0.4) is 0 Å². The van der Waals surface area contributed by atoms with Crippen LogP contribution in [0.4, 0.5) is 0 Å². The largest absolute Gasteiger partial charge is 0.463 e. The Kier molecular flexibility index (Phi) is 12.6. The quantitative estimate of drug-likeness (QED) is 0.200. The smallest absolute Gasteiger partial charge is 0.310 e. The van der Waals surface area contributed by atoms with Gasteiger partial charge in [0.25, 0.3) is 0 Å². The van der Waals surface area contributed by atoms with Crippen LogP contribution in [0.2, 0.25) is 0 Å². The van der Waals surface area contributed by atoms with E-state index < -0.39 is 11.8 Å². The van der Waals surface area contributed by atoms with E-state index in [1.807, 2.05) is 0 Å². The van der Waals surface area contributed by atoms with Crippen molar-refractivity contribution in [3.05, 3.63) is 37.0 Å². The molecule has 0 aromatic carbocycles. The second-order valence-electron chi connectivity index (χ2n) is 9.46. The van der Waals surface area contributed by atoms with E-state index in [9.17, 15) is 9.59 Å². The number of carbonyl (C=O) groups excluding carboxylic acids is 2. The molecule has 34 heavy (non-hydrogen) atoms. The number of rotatable bonds is 14. The van der Waals surface area contributed by atoms with Crippen LogP contribution in [0.1, 0.15) is 46.0 Å². The molecule has 192 valence electrons. The van der Waals surface area contributed by atoms with Crippen LogP contribution in [0.25, 0.3) is 0 Å². The van der Waals surface area contributed by atoms with Gasteiger partial charge in [-0.2, -0.15) is 0 Å². The average molecular weight is 477 g/mol. The first kappa shape index (κ1) is 28.3. The van der Waals surface area contributed by atoms with Gasteiger partial charge in [-0.25, -0.2) is 0 Å². The number of methoxy groups -OCH3 is 2. The summed E-state index contributed by atoms with van der Waals surface area (Å²) in [5.41, 5.74) is 0. The van der Waals surface area contributed by atoms with E-state index in [0.29, 0.717) is 31.0 Å². The highest BCUT2D eigenvalue weighted by Crippen LogP contribution is 2.46. The first-order chi connectivity index (χ1) is 16.5. The topological polar surface area (TPSA) is 71.1 Å². The van der Waals surface area contributed by atoms with Crippen LogP contribution in [-0.4, -0.2) is 52.6 Å². The Balaban J connectivity index is 2.26. The lowest BCUT2D eigenvalue weighted by atomic mass is 9.86. The third-order valence-corrected chi connectivity index (χ3v) is 7.32. The van der Waals surface area contributed by atoms with Crippen molar-refractivity contribution in [1.82, 2.24) is 0 Å². The van der Waals surface area contributed by atoms with Crippen LogP contribution in [0.15, 0.2) is 37.0 Å². The van der Waals surface area contributed by atoms with Crippen molar-refractivity contribution in [1.29, 1.82) is 0 Å². The van der Waals surface area contributed by atoms with Crippen molar-refractivity contribution in [2.24, 2.45) is 41.4 Å². The van der Waals surface area contributed by atoms with Gasteiger partial charge in [-0.3, -0.25) is 9.59 Å². The summed E-state index contributed by atoms with van der Waals surface area (Å²) in [5.74, 6) is -0.334. The molecule has 2 saturated carbocycles. The maximum Gasteiger partial charge on any atom is 0.310 e. The first-order valence-corrected chi connectivity index (χ1v) is 12.8. The molecular weight excluding hydrogens is 432 g/mol. The van der Waals surface area contributed by atoms with Gasteiger partial charge >= 0.3 is 11.9 Å². The standard InChI is InChI=1S/C28H44O6/c1-6-9-10-23-19-24(12-11-20-17-21(7-2)22(8-3)18-20)26(28(30)34-16-14-32-5)25(23)27(29)33-15-13-31-4/h7,9-12,20-26H,2,6,8,13-19H2,1,3-5H3/b10-9+,12-11+. The minimum atomic E-state index is -0.576. The number of carbonyl (C=O) groups is 2. The summed E-state index contributed by atoms with van der Waals surface area (Å²) in [4.78, 5) is 26.3. The monoisotopic (exact) mass is 476 g/mol. The molecule has 2 aliphatic carbocycles. The maximum atomic E-state index is 13.2. The fourth-order valence-electron chi connectivity index (χ4n) is 5.55. The van der Waals surface area contributed by atoms with Crippen LogP contribution in [0.5, 0.6) is 0 Å². The van der Waals surface area contributed by atoms with Gasteiger partial charge in [0.15, 0.2) is 0 Å². The van der Waals surface area contributed by atoms with E-state index in [0.717, 1.165) is 32.1 Å². The molecule has 0 aromatic rings. The zero-order valence-electron chi connectivity index (χ0n) is 21.4. The molecule has 0 N–H and O–H groups in total. The summed E-state index contributed by atoms with van der Waals surface area (Å²) < 4.78 is 21.1. The van der Waals surface area contributed by atoms with Gasteiger partial charge in [-0.15, -0.1) is 6.58 Å². The second kappa shape index (κ2) is 15.2. The minimum Gasteiger partial charge on any atom is -0.463 e. The molecule has 2 aliphatic rings. The molecule has 2 rings (SSSR count). The lowest BCUT2D eigenvalue weighted by molar-refractivity contribution is -0.162. The van der Waals surface area contributed by atoms with E-state index in [2.05, 4.69) is 50.8 Å². The van der Waals surface area contributed by atoms with E-state index >= 15 is 0 Å². The van der Waals surface area contributed by atoms with E-state index in [4.69, 9.17) is 18.9 Å². The van der Waals surface area contributed by atoms with Gasteiger partial charge in [-0.1, -0.05) is 50.6 Å². The molecule has 6 heteroatoms. The number of ether oxygens (including phenoxy) is 4. The molecule has 7 unspecified atom stereocenters. The van der Waals surface area contributed by atoms with Gasteiger partial charge in [0.1, 0.15) is 13.2 Å². The summed E-state index contributed by atoms with van der Waals surface area (Å²) >= 11 is 0. The molecule has 6 nitrogen and oxygen atoms in total. The van der Waals surface area contributed by atoms with E-state index in [1.165, 1.54) is 0 Å². The van der Waals surface area contributed by atoms with Crippen molar-refractivity contribution in [2.75, 3.05) is 40.6 Å². The molecule has 0 aliphatic heterocycles. The summed E-state index contributed by atoms with van der Waals surface area (Å²) in [6.07, 6.45) is 15.6. The van der Waals surface area contributed by atoms with Crippen LogP contribution in [-0.2, 0) is 28.5 Å². The Labute approximate surface area is 205 Å². The van der Waals surface area contributed by atoms with E-state index in [-0.39, 0.29) is 37.0 Å². The molecule has 0 saturated heterocycles. The Bertz CT molecular complexity index is 699. The van der Waals surface area contributed by atoms with Crippen molar-refractivity contribution >= 4 is 11.9 Å². The highest BCUT2D eigenvalue weighted by molar-refractivity contribution is 5.84. The van der Waals surface area contributed by atoms with Gasteiger partial charge in [0.2, 0.25) is 0 Å². The second-order valence-corrected chi connectivity index (χ2v) is 9.46. The molecule has 7 atom stereocenters. The maximum absolute atomic E-state index is 13.2. The Morgan fingerprint density at radius 3 is 1.85 bits per heavy atom. The predicted octanol–water partition coefficient (Wildman–Crippen LogP) is 4.99. The van der Waals surface area contributed by atoms with Crippen molar-refractivity contribution in [2.45, 2.75) is 46.0 Å². The van der Waals surface area contributed by atoms with Crippen molar-refractivity contribution < 1.29 is 28.5 Å². The number of hydrogen-bond donors (Lipinski definition) is 0. The van der Waals surface area contributed by atoms with Gasteiger partial charge in [-0.05, 0) is 55.3 Å². The van der Waals surface area contributed by atoms with Crippen LogP contribution in [0, 0.1) is 41.4 Å². The SMILES string of the molecule is C=CC1CC(/C=C/C2CC(/C=C/CC)C(C(=O)OCCOC)C2C(=O)OCCOC)CC1CC.